The van der Waals surface area contributed by atoms with Crippen LogP contribution in [0.2, 0.25) is 0 Å². The summed E-state index contributed by atoms with van der Waals surface area (Å²) in [6, 6.07) is 1.50. The van der Waals surface area contributed by atoms with Gasteiger partial charge in [0.25, 0.3) is 5.91 Å². The number of amides is 1. The first-order valence-electron chi connectivity index (χ1n) is 7.53. The van der Waals surface area contributed by atoms with Crippen LogP contribution in [0, 0.1) is 11.3 Å². The maximum Gasteiger partial charge on any atom is 0.408 e. The first-order chi connectivity index (χ1) is 11.3. The average Bonchev–Trinajstić information content (AvgIpc) is 3.09. The molecule has 1 aliphatic rings. The monoisotopic (exact) mass is 379 g/mol. The second-order valence-electron chi connectivity index (χ2n) is 6.93. The normalized spacial score (nSPS) is 20.7. The van der Waals surface area contributed by atoms with Gasteiger partial charge in [0.2, 0.25) is 0 Å². The molecular weight excluding hydrogens is 359 g/mol. The van der Waals surface area contributed by atoms with E-state index in [1.165, 1.54) is 19.2 Å². The Balaban J connectivity index is 2.36. The van der Waals surface area contributed by atoms with Gasteiger partial charge in [0.1, 0.15) is 11.8 Å². The summed E-state index contributed by atoms with van der Waals surface area (Å²) in [5.74, 6) is -1.74. The summed E-state index contributed by atoms with van der Waals surface area (Å²) in [5, 5.41) is 2.01. The van der Waals surface area contributed by atoms with Gasteiger partial charge in [-0.15, -0.1) is 0 Å². The Morgan fingerprint density at radius 3 is 2.32 bits per heavy atom. The Hall–Kier alpha value is -1.77. The van der Waals surface area contributed by atoms with E-state index in [4.69, 9.17) is 4.74 Å². The summed E-state index contributed by atoms with van der Waals surface area (Å²) < 4.78 is 68.3. The van der Waals surface area contributed by atoms with Crippen LogP contribution < -0.4 is 10.1 Å². The fourth-order valence-corrected chi connectivity index (χ4v) is 3.45. The largest absolute Gasteiger partial charge is 0.496 e. The highest BCUT2D eigenvalue weighted by Crippen LogP contribution is 2.56. The molecule has 140 valence electrons. The smallest absolute Gasteiger partial charge is 0.408 e. The quantitative estimate of drug-likeness (QED) is 0.854. The van der Waals surface area contributed by atoms with E-state index < -0.39 is 39.3 Å². The van der Waals surface area contributed by atoms with Crippen molar-refractivity contribution in [1.29, 1.82) is 0 Å². The Morgan fingerprint density at radius 2 is 1.92 bits per heavy atom. The first kappa shape index (κ1) is 19.6. The highest BCUT2D eigenvalue weighted by Gasteiger charge is 2.59. The van der Waals surface area contributed by atoms with Crippen LogP contribution in [0.15, 0.2) is 23.1 Å². The molecule has 25 heavy (non-hydrogen) atoms. The number of hydrogen-bond acceptors (Lipinski definition) is 4. The number of halogens is 3. The molecule has 0 radical (unpaired) electrons. The molecule has 1 N–H and O–H groups in total. The maximum atomic E-state index is 13.3. The van der Waals surface area contributed by atoms with Gasteiger partial charge in [-0.2, -0.15) is 13.2 Å². The van der Waals surface area contributed by atoms with Crippen molar-refractivity contribution < 1.29 is 31.1 Å². The molecule has 0 aromatic heterocycles. The lowest BCUT2D eigenvalue weighted by Gasteiger charge is -2.23. The van der Waals surface area contributed by atoms with Gasteiger partial charge in [-0.1, -0.05) is 13.8 Å². The number of hydrogen-bond donors (Lipinski definition) is 1. The minimum Gasteiger partial charge on any atom is -0.496 e. The van der Waals surface area contributed by atoms with Crippen LogP contribution in [0.1, 0.15) is 30.6 Å². The predicted octanol–water partition coefficient (Wildman–Crippen LogP) is 2.81. The first-order valence-corrected chi connectivity index (χ1v) is 9.42. The fourth-order valence-electron chi connectivity index (χ4n) is 2.80. The lowest BCUT2D eigenvalue weighted by molar-refractivity contribution is -0.160. The number of benzene rings is 1. The van der Waals surface area contributed by atoms with Crippen LogP contribution >= 0.6 is 0 Å². The highest BCUT2D eigenvalue weighted by atomic mass is 32.2. The van der Waals surface area contributed by atoms with Crippen LogP contribution in [0.3, 0.4) is 0 Å². The Morgan fingerprint density at radius 1 is 1.36 bits per heavy atom. The number of methoxy groups -OCH3 is 1. The number of carbonyl (C=O) groups excluding carboxylic acids is 1. The number of rotatable bonds is 5. The standard InChI is InChI=1S/C16H20F3NO4S/c1-15(2)8-11(15)13(16(17,18)19)20-14(21)10-7-9(25(4,22)23)5-6-12(10)24-3/h5-7,11,13H,8H2,1-4H3,(H,20,21). The summed E-state index contributed by atoms with van der Waals surface area (Å²) in [4.78, 5) is 12.2. The van der Waals surface area contributed by atoms with E-state index >= 15 is 0 Å². The van der Waals surface area contributed by atoms with Gasteiger partial charge in [-0.05, 0) is 36.0 Å². The third-order valence-corrected chi connectivity index (χ3v) is 5.59. The van der Waals surface area contributed by atoms with Crippen molar-refractivity contribution in [3.63, 3.8) is 0 Å². The van der Waals surface area contributed by atoms with Crippen molar-refractivity contribution in [3.05, 3.63) is 23.8 Å². The zero-order valence-electron chi connectivity index (χ0n) is 14.3. The number of alkyl halides is 3. The molecule has 1 aromatic carbocycles. The van der Waals surface area contributed by atoms with Crippen molar-refractivity contribution in [2.45, 2.75) is 37.4 Å². The van der Waals surface area contributed by atoms with Gasteiger partial charge < -0.3 is 10.1 Å². The van der Waals surface area contributed by atoms with E-state index in [1.807, 2.05) is 5.32 Å². The maximum absolute atomic E-state index is 13.3. The van der Waals surface area contributed by atoms with Crippen LogP contribution in [0.25, 0.3) is 0 Å². The molecule has 1 fully saturated rings. The van der Waals surface area contributed by atoms with Gasteiger partial charge in [0.15, 0.2) is 9.84 Å². The van der Waals surface area contributed by atoms with Gasteiger partial charge in [0, 0.05) is 6.26 Å². The van der Waals surface area contributed by atoms with Crippen molar-refractivity contribution in [1.82, 2.24) is 5.32 Å². The van der Waals surface area contributed by atoms with Gasteiger partial charge >= 0.3 is 6.18 Å². The molecule has 1 amide bonds. The van der Waals surface area contributed by atoms with E-state index in [-0.39, 0.29) is 16.2 Å². The zero-order chi connectivity index (χ0) is 19.2. The van der Waals surface area contributed by atoms with E-state index in [0.717, 1.165) is 12.3 Å². The number of sulfone groups is 1. The van der Waals surface area contributed by atoms with Crippen molar-refractivity contribution in [2.75, 3.05) is 13.4 Å². The summed E-state index contributed by atoms with van der Waals surface area (Å²) >= 11 is 0. The third kappa shape index (κ3) is 4.26. The van der Waals surface area contributed by atoms with Gasteiger partial charge in [-0.3, -0.25) is 4.79 Å². The van der Waals surface area contributed by atoms with Gasteiger partial charge in [0.05, 0.1) is 17.6 Å². The minimum atomic E-state index is -4.60. The van der Waals surface area contributed by atoms with Crippen LogP contribution in [0.5, 0.6) is 5.75 Å². The molecule has 9 heteroatoms. The summed E-state index contributed by atoms with van der Waals surface area (Å²) in [5.41, 5.74) is -0.760. The predicted molar refractivity (Wildman–Crippen MR) is 85.3 cm³/mol. The molecule has 1 aliphatic carbocycles. The van der Waals surface area contributed by atoms with E-state index in [2.05, 4.69) is 0 Å². The van der Waals surface area contributed by atoms with Crippen molar-refractivity contribution in [3.8, 4) is 5.75 Å². The highest BCUT2D eigenvalue weighted by molar-refractivity contribution is 7.90. The van der Waals surface area contributed by atoms with Crippen molar-refractivity contribution >= 4 is 15.7 Å². The zero-order valence-corrected chi connectivity index (χ0v) is 15.1. The fraction of sp³-hybridized carbons (Fsp3) is 0.562. The lowest BCUT2D eigenvalue weighted by Crippen LogP contribution is -2.47. The average molecular weight is 379 g/mol. The van der Waals surface area contributed by atoms with Crippen LogP contribution in [-0.4, -0.2) is 39.9 Å². The molecule has 1 saturated carbocycles. The van der Waals surface area contributed by atoms with Crippen LogP contribution in [0.4, 0.5) is 13.2 Å². The molecule has 2 unspecified atom stereocenters. The van der Waals surface area contributed by atoms with E-state index in [0.29, 0.717) is 6.42 Å². The van der Waals surface area contributed by atoms with Crippen LogP contribution in [-0.2, 0) is 9.84 Å². The second kappa shape index (κ2) is 6.19. The Bertz CT molecular complexity index is 787. The summed E-state index contributed by atoms with van der Waals surface area (Å²) in [6.07, 6.45) is -3.31. The second-order valence-corrected chi connectivity index (χ2v) is 8.94. The molecule has 0 bridgehead atoms. The third-order valence-electron chi connectivity index (χ3n) is 4.47. The molecule has 1 aromatic rings. The molecule has 2 rings (SSSR count). The molecule has 0 heterocycles. The topological polar surface area (TPSA) is 72.5 Å². The number of ether oxygens (including phenoxy) is 1. The lowest BCUT2D eigenvalue weighted by atomic mass is 10.0. The molecule has 0 saturated heterocycles. The molecule has 5 nitrogen and oxygen atoms in total. The number of carbonyl (C=O) groups is 1. The summed E-state index contributed by atoms with van der Waals surface area (Å²) in [6.45, 7) is 3.40. The minimum absolute atomic E-state index is 0.000816. The molecular formula is C16H20F3NO4S. The van der Waals surface area contributed by atoms with Crippen molar-refractivity contribution in [2.24, 2.45) is 11.3 Å². The Labute approximate surface area is 144 Å². The summed E-state index contributed by atoms with van der Waals surface area (Å²) in [7, 11) is -2.37. The molecule has 0 aliphatic heterocycles. The van der Waals surface area contributed by atoms with E-state index in [1.54, 1.807) is 13.8 Å². The van der Waals surface area contributed by atoms with Gasteiger partial charge in [-0.25, -0.2) is 8.42 Å². The Kier molecular flexibility index (Phi) is 4.84. The SMILES string of the molecule is COc1ccc(S(C)(=O)=O)cc1C(=O)NC(C1CC1(C)C)C(F)(F)F. The van der Waals surface area contributed by atoms with E-state index in [9.17, 15) is 26.4 Å². The molecule has 0 spiro atoms. The molecule has 2 atom stereocenters. The number of nitrogens with one attached hydrogen (secondary N) is 1.